The van der Waals surface area contributed by atoms with Crippen LogP contribution in [0.1, 0.15) is 13.3 Å². The van der Waals surface area contributed by atoms with Crippen molar-refractivity contribution in [2.45, 2.75) is 37.8 Å². The molecular formula is C21H27BrN3O9P. The average Bonchev–Trinajstić information content (AvgIpc) is 3.19. The van der Waals surface area contributed by atoms with Crippen LogP contribution >= 0.6 is 23.7 Å². The molecule has 2 fully saturated rings. The SMILES string of the molecule is COC(=O)C(C)NP(=O)(OCC1OC(N2CC(C=CBr)C(=O)NC2=O)CC1O)Oc1ccccc1. The zero-order chi connectivity index (χ0) is 25.6. The van der Waals surface area contributed by atoms with Gasteiger partial charge < -0.3 is 19.1 Å². The van der Waals surface area contributed by atoms with E-state index in [0.717, 1.165) is 0 Å². The maximum absolute atomic E-state index is 13.4. The monoisotopic (exact) mass is 575 g/mol. The van der Waals surface area contributed by atoms with E-state index in [4.69, 9.17) is 13.8 Å². The fourth-order valence-electron chi connectivity index (χ4n) is 3.54. The third-order valence-electron chi connectivity index (χ3n) is 5.36. The molecule has 6 unspecified atom stereocenters. The highest BCUT2D eigenvalue weighted by Gasteiger charge is 2.44. The number of imide groups is 1. The van der Waals surface area contributed by atoms with Crippen LogP contribution in [0.15, 0.2) is 41.4 Å². The fraction of sp³-hybridized carbons (Fsp3) is 0.476. The number of methoxy groups -OCH3 is 1. The van der Waals surface area contributed by atoms with Gasteiger partial charge in [0.25, 0.3) is 0 Å². The number of halogens is 1. The highest BCUT2D eigenvalue weighted by atomic mass is 79.9. The molecule has 3 rings (SSSR count). The van der Waals surface area contributed by atoms with Crippen molar-refractivity contribution in [1.82, 2.24) is 15.3 Å². The number of nitrogens with zero attached hydrogens (tertiary/aromatic N) is 1. The van der Waals surface area contributed by atoms with E-state index < -0.39 is 56.0 Å². The molecule has 2 aliphatic rings. The second kappa shape index (κ2) is 12.1. The lowest BCUT2D eigenvalue weighted by Crippen LogP contribution is -2.57. The quantitative estimate of drug-likeness (QED) is 0.278. The third-order valence-corrected chi connectivity index (χ3v) is 7.31. The number of aliphatic hydroxyl groups is 1. The van der Waals surface area contributed by atoms with Crippen molar-refractivity contribution < 1.29 is 42.6 Å². The predicted octanol–water partition coefficient (Wildman–Crippen LogP) is 1.89. The van der Waals surface area contributed by atoms with Crippen LogP contribution in [0.2, 0.25) is 0 Å². The Labute approximate surface area is 210 Å². The number of nitrogens with one attached hydrogen (secondary N) is 2. The fourth-order valence-corrected chi connectivity index (χ4v) is 5.41. The summed E-state index contributed by atoms with van der Waals surface area (Å²) in [7, 11) is -2.94. The van der Waals surface area contributed by atoms with Gasteiger partial charge in [0, 0.05) is 13.0 Å². The van der Waals surface area contributed by atoms with Gasteiger partial charge in [0.1, 0.15) is 24.1 Å². The Balaban J connectivity index is 1.67. The first-order valence-corrected chi connectivity index (χ1v) is 13.2. The molecule has 6 atom stereocenters. The van der Waals surface area contributed by atoms with Crippen molar-refractivity contribution in [3.05, 3.63) is 41.4 Å². The number of carbonyl (C=O) groups excluding carboxylic acids is 3. The molecule has 0 aromatic heterocycles. The second-order valence-corrected chi connectivity index (χ2v) is 10.1. The van der Waals surface area contributed by atoms with Crippen LogP contribution in [0.3, 0.4) is 0 Å². The van der Waals surface area contributed by atoms with Crippen LogP contribution in [-0.4, -0.2) is 72.7 Å². The zero-order valence-corrected chi connectivity index (χ0v) is 21.5. The van der Waals surface area contributed by atoms with Crippen molar-refractivity contribution in [2.24, 2.45) is 5.92 Å². The summed E-state index contributed by atoms with van der Waals surface area (Å²) in [4.78, 5) is 39.0. The number of benzene rings is 1. The van der Waals surface area contributed by atoms with Crippen LogP contribution in [0, 0.1) is 5.92 Å². The van der Waals surface area contributed by atoms with Crippen LogP contribution in [0.25, 0.3) is 0 Å². The number of rotatable bonds is 10. The Morgan fingerprint density at radius 3 is 2.77 bits per heavy atom. The number of carbonyl (C=O) groups is 3. The number of para-hydroxylation sites is 1. The van der Waals surface area contributed by atoms with Crippen LogP contribution in [-0.2, 0) is 28.2 Å². The topological polar surface area (TPSA) is 153 Å². The first-order valence-electron chi connectivity index (χ1n) is 10.7. The molecule has 12 nitrogen and oxygen atoms in total. The Hall–Kier alpha value is -2.28. The molecule has 1 aromatic carbocycles. The molecule has 2 heterocycles. The first kappa shape index (κ1) is 27.3. The summed E-state index contributed by atoms with van der Waals surface area (Å²) in [5, 5.41) is 15.3. The van der Waals surface area contributed by atoms with Gasteiger partial charge in [0.2, 0.25) is 5.91 Å². The van der Waals surface area contributed by atoms with Gasteiger partial charge in [0.05, 0.1) is 25.7 Å². The predicted molar refractivity (Wildman–Crippen MR) is 126 cm³/mol. The van der Waals surface area contributed by atoms with Crippen molar-refractivity contribution >= 4 is 41.6 Å². The molecule has 3 amide bonds. The summed E-state index contributed by atoms with van der Waals surface area (Å²) in [5.74, 6) is -1.48. The van der Waals surface area contributed by atoms with Gasteiger partial charge in [-0.05, 0) is 24.0 Å². The lowest BCUT2D eigenvalue weighted by Gasteiger charge is -2.34. The number of amides is 3. The van der Waals surface area contributed by atoms with E-state index in [-0.39, 0.29) is 25.3 Å². The zero-order valence-electron chi connectivity index (χ0n) is 19.0. The molecule has 192 valence electrons. The lowest BCUT2D eigenvalue weighted by atomic mass is 10.1. The molecule has 3 N–H and O–H groups in total. The number of aliphatic hydroxyl groups excluding tert-OH is 1. The average molecular weight is 576 g/mol. The largest absolute Gasteiger partial charge is 0.468 e. The number of urea groups is 1. The van der Waals surface area contributed by atoms with Gasteiger partial charge in [-0.25, -0.2) is 9.36 Å². The molecular weight excluding hydrogens is 549 g/mol. The molecule has 0 spiro atoms. The van der Waals surface area contributed by atoms with Gasteiger partial charge in [-0.15, -0.1) is 0 Å². The minimum Gasteiger partial charge on any atom is -0.468 e. The first-order chi connectivity index (χ1) is 16.7. The Bertz CT molecular complexity index is 996. The van der Waals surface area contributed by atoms with Gasteiger partial charge >= 0.3 is 19.7 Å². The highest BCUT2D eigenvalue weighted by Crippen LogP contribution is 2.45. The van der Waals surface area contributed by atoms with Crippen molar-refractivity contribution in [2.75, 3.05) is 20.3 Å². The summed E-state index contributed by atoms with van der Waals surface area (Å²) in [5.41, 5.74) is 0. The van der Waals surface area contributed by atoms with Crippen molar-refractivity contribution in [3.8, 4) is 5.75 Å². The van der Waals surface area contributed by atoms with E-state index in [1.165, 1.54) is 23.9 Å². The summed E-state index contributed by atoms with van der Waals surface area (Å²) in [6.07, 6.45) is -1.21. The van der Waals surface area contributed by atoms with E-state index in [1.807, 2.05) is 0 Å². The summed E-state index contributed by atoms with van der Waals surface area (Å²) in [6, 6.07) is 6.55. The maximum Gasteiger partial charge on any atom is 0.459 e. The molecule has 14 heteroatoms. The third kappa shape index (κ3) is 7.12. The van der Waals surface area contributed by atoms with Crippen molar-refractivity contribution in [3.63, 3.8) is 0 Å². The van der Waals surface area contributed by atoms with Gasteiger partial charge in [-0.3, -0.25) is 24.3 Å². The molecule has 2 saturated heterocycles. The molecule has 35 heavy (non-hydrogen) atoms. The molecule has 1 aromatic rings. The van der Waals surface area contributed by atoms with E-state index in [9.17, 15) is 24.1 Å². The van der Waals surface area contributed by atoms with Gasteiger partial charge in [-0.2, -0.15) is 5.09 Å². The Morgan fingerprint density at radius 1 is 1.40 bits per heavy atom. The number of ether oxygens (including phenoxy) is 2. The van der Waals surface area contributed by atoms with Crippen LogP contribution in [0.4, 0.5) is 4.79 Å². The molecule has 2 aliphatic heterocycles. The summed E-state index contributed by atoms with van der Waals surface area (Å²) in [6.45, 7) is 1.12. The minimum atomic E-state index is -4.13. The molecule has 0 radical (unpaired) electrons. The van der Waals surface area contributed by atoms with Crippen LogP contribution < -0.4 is 14.9 Å². The minimum absolute atomic E-state index is 0.0518. The Kier molecular flexibility index (Phi) is 9.45. The van der Waals surface area contributed by atoms with E-state index in [0.29, 0.717) is 0 Å². The summed E-state index contributed by atoms with van der Waals surface area (Å²) >= 11 is 3.12. The molecule has 0 aliphatic carbocycles. The van der Waals surface area contributed by atoms with Gasteiger partial charge in [0.15, 0.2) is 0 Å². The smallest absolute Gasteiger partial charge is 0.459 e. The second-order valence-electron chi connectivity index (χ2n) is 7.88. The number of esters is 1. The normalized spacial score (nSPS) is 27.4. The molecule has 0 saturated carbocycles. The van der Waals surface area contributed by atoms with E-state index >= 15 is 0 Å². The van der Waals surface area contributed by atoms with Crippen LogP contribution in [0.5, 0.6) is 5.75 Å². The number of hydrogen-bond donors (Lipinski definition) is 3. The standard InChI is InChI=1S/C21H27BrN3O9P/c1-13(20(28)31-2)24-35(30,34-15-6-4-3-5-7-15)32-12-17-16(26)10-18(33-17)25-11-14(8-9-22)19(27)23-21(25)29/h3-9,13-14,16-18,26H,10-12H2,1-2H3,(H,24,30)(H,23,27,29). The Morgan fingerprint density at radius 2 is 2.11 bits per heavy atom. The van der Waals surface area contributed by atoms with E-state index in [2.05, 4.69) is 31.1 Å². The summed E-state index contributed by atoms with van der Waals surface area (Å²) < 4.78 is 35.0. The van der Waals surface area contributed by atoms with E-state index in [1.54, 1.807) is 36.4 Å². The highest BCUT2D eigenvalue weighted by molar-refractivity contribution is 9.11. The number of hydrogen-bond acceptors (Lipinski definition) is 9. The molecule has 0 bridgehead atoms. The van der Waals surface area contributed by atoms with Gasteiger partial charge in [-0.1, -0.05) is 40.2 Å². The van der Waals surface area contributed by atoms with Crippen molar-refractivity contribution in [1.29, 1.82) is 0 Å². The maximum atomic E-state index is 13.4. The lowest BCUT2D eigenvalue weighted by molar-refractivity contribution is -0.142.